The van der Waals surface area contributed by atoms with Crippen LogP contribution in [0.15, 0.2) is 30.3 Å². The van der Waals surface area contributed by atoms with Crippen LogP contribution in [0.3, 0.4) is 0 Å². The minimum Gasteiger partial charge on any atom is -0.598 e. The third kappa shape index (κ3) is 3.13. The molecule has 0 saturated heterocycles. The Hall–Kier alpha value is -0.900. The number of hydrogen-bond donors (Lipinski definition) is 1. The Morgan fingerprint density at radius 2 is 1.91 bits per heavy atom. The number of hydroxylamine groups is 4. The fourth-order valence-corrected chi connectivity index (χ4v) is 0.922. The van der Waals surface area contributed by atoms with Crippen molar-refractivity contribution in [3.8, 4) is 0 Å². The average molecular weight is 153 g/mol. The van der Waals surface area contributed by atoms with E-state index in [0.717, 1.165) is 5.56 Å². The van der Waals surface area contributed by atoms with E-state index in [2.05, 4.69) is 0 Å². The van der Waals surface area contributed by atoms with E-state index in [1.54, 1.807) is 0 Å². The molecule has 3 nitrogen and oxygen atoms in total. The molecule has 0 fully saturated rings. The molecule has 0 radical (unpaired) electrons. The summed E-state index contributed by atoms with van der Waals surface area (Å²) >= 11 is 0. The van der Waals surface area contributed by atoms with Gasteiger partial charge in [-0.1, -0.05) is 30.3 Å². The summed E-state index contributed by atoms with van der Waals surface area (Å²) in [6, 6.07) is 9.17. The van der Waals surface area contributed by atoms with Crippen LogP contribution in [0.25, 0.3) is 0 Å². The summed E-state index contributed by atoms with van der Waals surface area (Å²) in [5.74, 6) is 0. The maximum atomic E-state index is 10.8. The molecule has 0 aliphatic carbocycles. The van der Waals surface area contributed by atoms with Crippen molar-refractivity contribution < 1.29 is 10.0 Å². The molecule has 0 aromatic heterocycles. The van der Waals surface area contributed by atoms with E-state index in [1.165, 1.54) is 7.05 Å². The molecule has 1 atom stereocenters. The SMILES string of the molecule is C[N+]([O-])(O)Cc1ccccc1. The maximum Gasteiger partial charge on any atom is 0.134 e. The molecule has 1 aromatic carbocycles. The van der Waals surface area contributed by atoms with Gasteiger partial charge in [0.1, 0.15) is 6.54 Å². The molecule has 1 rings (SSSR count). The smallest absolute Gasteiger partial charge is 0.134 e. The lowest BCUT2D eigenvalue weighted by Gasteiger charge is -2.28. The van der Waals surface area contributed by atoms with Crippen molar-refractivity contribution >= 4 is 0 Å². The van der Waals surface area contributed by atoms with Gasteiger partial charge in [0.15, 0.2) is 0 Å². The van der Waals surface area contributed by atoms with E-state index in [0.29, 0.717) is 0 Å². The molecule has 0 aliphatic heterocycles. The molecule has 0 heterocycles. The number of rotatable bonds is 2. The molecular formula is C8H11NO2. The van der Waals surface area contributed by atoms with Crippen molar-refractivity contribution in [3.05, 3.63) is 41.1 Å². The highest BCUT2D eigenvalue weighted by molar-refractivity contribution is 5.13. The predicted molar refractivity (Wildman–Crippen MR) is 41.5 cm³/mol. The second kappa shape index (κ2) is 3.00. The molecule has 60 valence electrons. The highest BCUT2D eigenvalue weighted by Crippen LogP contribution is 2.05. The Bertz CT molecular complexity index is 215. The Morgan fingerprint density at radius 1 is 1.36 bits per heavy atom. The third-order valence-corrected chi connectivity index (χ3v) is 1.32. The van der Waals surface area contributed by atoms with Crippen LogP contribution < -0.4 is 0 Å². The van der Waals surface area contributed by atoms with Gasteiger partial charge in [-0.3, -0.25) is 0 Å². The lowest BCUT2D eigenvalue weighted by molar-refractivity contribution is -1.06. The zero-order valence-electron chi connectivity index (χ0n) is 6.40. The van der Waals surface area contributed by atoms with Gasteiger partial charge in [0.25, 0.3) is 0 Å². The first-order valence-electron chi connectivity index (χ1n) is 3.41. The van der Waals surface area contributed by atoms with Crippen molar-refractivity contribution in [2.45, 2.75) is 6.54 Å². The van der Waals surface area contributed by atoms with Crippen LogP contribution in [-0.4, -0.2) is 17.1 Å². The lowest BCUT2D eigenvalue weighted by atomic mass is 10.2. The number of benzene rings is 1. The Balaban J connectivity index is 2.66. The van der Waals surface area contributed by atoms with E-state index in [4.69, 9.17) is 5.21 Å². The largest absolute Gasteiger partial charge is 0.598 e. The van der Waals surface area contributed by atoms with Crippen molar-refractivity contribution in [3.63, 3.8) is 0 Å². The van der Waals surface area contributed by atoms with Crippen LogP contribution in [0, 0.1) is 5.21 Å². The minimum absolute atomic E-state index is 0.0981. The van der Waals surface area contributed by atoms with Crippen LogP contribution in [0.1, 0.15) is 5.56 Å². The summed E-state index contributed by atoms with van der Waals surface area (Å²) in [7, 11) is 1.20. The predicted octanol–water partition coefficient (Wildman–Crippen LogP) is 1.52. The topological polar surface area (TPSA) is 43.3 Å². The minimum atomic E-state index is -1.26. The molecular weight excluding hydrogens is 142 g/mol. The summed E-state index contributed by atoms with van der Waals surface area (Å²) in [5, 5.41) is 19.6. The normalized spacial score (nSPS) is 15.9. The van der Waals surface area contributed by atoms with Gasteiger partial charge in [-0.2, -0.15) is 0 Å². The van der Waals surface area contributed by atoms with Gasteiger partial charge >= 0.3 is 0 Å². The molecule has 0 saturated carbocycles. The molecule has 11 heavy (non-hydrogen) atoms. The first-order chi connectivity index (χ1) is 5.08. The molecule has 1 unspecified atom stereocenters. The fraction of sp³-hybridized carbons (Fsp3) is 0.250. The van der Waals surface area contributed by atoms with Crippen LogP contribution in [0.2, 0.25) is 0 Å². The second-order valence-corrected chi connectivity index (χ2v) is 2.69. The van der Waals surface area contributed by atoms with E-state index < -0.39 is 4.81 Å². The average Bonchev–Trinajstić information content (AvgIpc) is 1.85. The van der Waals surface area contributed by atoms with Crippen molar-refractivity contribution in [2.75, 3.05) is 7.05 Å². The highest BCUT2D eigenvalue weighted by Gasteiger charge is 2.05. The van der Waals surface area contributed by atoms with E-state index in [-0.39, 0.29) is 6.54 Å². The Morgan fingerprint density at radius 3 is 2.36 bits per heavy atom. The van der Waals surface area contributed by atoms with Crippen molar-refractivity contribution in [1.29, 1.82) is 0 Å². The van der Waals surface area contributed by atoms with Gasteiger partial charge in [-0.05, 0) is 0 Å². The molecule has 1 aromatic rings. The summed E-state index contributed by atoms with van der Waals surface area (Å²) in [6.07, 6.45) is 0. The molecule has 0 aliphatic rings. The van der Waals surface area contributed by atoms with Crippen LogP contribution in [-0.2, 0) is 6.54 Å². The van der Waals surface area contributed by atoms with Crippen molar-refractivity contribution in [1.82, 2.24) is 0 Å². The monoisotopic (exact) mass is 153 g/mol. The van der Waals surface area contributed by atoms with Crippen LogP contribution >= 0.6 is 0 Å². The Kier molecular flexibility index (Phi) is 2.24. The van der Waals surface area contributed by atoms with E-state index >= 15 is 0 Å². The first kappa shape index (κ1) is 8.20. The van der Waals surface area contributed by atoms with E-state index in [9.17, 15) is 5.21 Å². The van der Waals surface area contributed by atoms with Crippen LogP contribution in [0.5, 0.6) is 0 Å². The summed E-state index contributed by atoms with van der Waals surface area (Å²) < 4.78 is 0. The van der Waals surface area contributed by atoms with Gasteiger partial charge < -0.3 is 5.21 Å². The molecule has 1 N–H and O–H groups in total. The quantitative estimate of drug-likeness (QED) is 0.517. The van der Waals surface area contributed by atoms with Crippen molar-refractivity contribution in [2.24, 2.45) is 0 Å². The highest BCUT2D eigenvalue weighted by atomic mass is 16.8. The first-order valence-corrected chi connectivity index (χ1v) is 3.41. The van der Waals surface area contributed by atoms with E-state index in [1.807, 2.05) is 30.3 Å². The molecule has 0 bridgehead atoms. The van der Waals surface area contributed by atoms with Crippen LogP contribution in [0.4, 0.5) is 0 Å². The summed E-state index contributed by atoms with van der Waals surface area (Å²) in [5.41, 5.74) is 0.840. The second-order valence-electron chi connectivity index (χ2n) is 2.69. The van der Waals surface area contributed by atoms with Gasteiger partial charge in [0.05, 0.1) is 7.05 Å². The fourth-order valence-electron chi connectivity index (χ4n) is 0.922. The summed E-state index contributed by atoms with van der Waals surface area (Å²) in [4.78, 5) is -1.26. The number of nitrogens with zero attached hydrogens (tertiary/aromatic N) is 1. The van der Waals surface area contributed by atoms with Gasteiger partial charge in [-0.25, -0.2) is 10.0 Å². The summed E-state index contributed by atoms with van der Waals surface area (Å²) in [6.45, 7) is 0.0981. The zero-order valence-corrected chi connectivity index (χ0v) is 6.40. The number of quaternary nitrogens is 1. The lowest BCUT2D eigenvalue weighted by Crippen LogP contribution is -2.31. The standard InChI is InChI=1S/C8H11NO2/c1-9(10,11)7-8-5-3-2-4-6-8/h2-6,10H,7H2,1H3. The van der Waals surface area contributed by atoms with Gasteiger partial charge in [-0.15, -0.1) is 0 Å². The zero-order chi connectivity index (χ0) is 8.32. The van der Waals surface area contributed by atoms with Gasteiger partial charge in [0, 0.05) is 5.56 Å². The number of hydrogen-bond acceptors (Lipinski definition) is 2. The molecule has 0 spiro atoms. The maximum absolute atomic E-state index is 10.8. The molecule has 0 amide bonds. The van der Waals surface area contributed by atoms with Gasteiger partial charge in [0.2, 0.25) is 0 Å². The third-order valence-electron chi connectivity index (χ3n) is 1.32. The molecule has 3 heteroatoms. The Labute approximate surface area is 65.6 Å².